The maximum Gasteiger partial charge on any atom is 0.319 e. The van der Waals surface area contributed by atoms with Crippen LogP contribution in [-0.2, 0) is 4.79 Å². The highest BCUT2D eigenvalue weighted by Gasteiger charge is 2.29. The highest BCUT2D eigenvalue weighted by atomic mass is 16.2. The number of anilines is 2. The standard InChI is InChI=1S/C22H34N4O2/c1-4-24(5-2)22(28)26-14-10-18(11-15-26)21(27)23-20-9-8-19(16-17(20)3)25-12-6-7-13-25/h8-9,16,18H,4-7,10-15H2,1-3H3,(H,23,27). The molecule has 1 N–H and O–H groups in total. The lowest BCUT2D eigenvalue weighted by Crippen LogP contribution is -2.47. The van der Waals surface area contributed by atoms with Gasteiger partial charge in [0.25, 0.3) is 0 Å². The van der Waals surface area contributed by atoms with E-state index in [1.165, 1.54) is 18.5 Å². The number of amides is 3. The van der Waals surface area contributed by atoms with E-state index in [1.807, 2.05) is 29.7 Å². The number of likely N-dealkylation sites (tertiary alicyclic amines) is 1. The molecule has 2 heterocycles. The number of urea groups is 1. The average Bonchev–Trinajstić information content (AvgIpc) is 3.25. The monoisotopic (exact) mass is 386 g/mol. The van der Waals surface area contributed by atoms with E-state index in [0.29, 0.717) is 13.1 Å². The van der Waals surface area contributed by atoms with Crippen molar-refractivity contribution in [3.05, 3.63) is 23.8 Å². The highest BCUT2D eigenvalue weighted by molar-refractivity contribution is 5.93. The van der Waals surface area contributed by atoms with Crippen LogP contribution in [0.1, 0.15) is 45.1 Å². The third-order valence-corrected chi connectivity index (χ3v) is 6.11. The van der Waals surface area contributed by atoms with Gasteiger partial charge < -0.3 is 20.0 Å². The second-order valence-corrected chi connectivity index (χ2v) is 7.90. The molecule has 0 radical (unpaired) electrons. The summed E-state index contributed by atoms with van der Waals surface area (Å²) in [5, 5.41) is 3.12. The van der Waals surface area contributed by atoms with E-state index < -0.39 is 0 Å². The SMILES string of the molecule is CCN(CC)C(=O)N1CCC(C(=O)Nc2ccc(N3CCCC3)cc2C)CC1. The van der Waals surface area contributed by atoms with Crippen molar-refractivity contribution in [2.24, 2.45) is 5.92 Å². The molecule has 28 heavy (non-hydrogen) atoms. The summed E-state index contributed by atoms with van der Waals surface area (Å²) in [4.78, 5) is 31.3. The van der Waals surface area contributed by atoms with Gasteiger partial charge >= 0.3 is 6.03 Å². The molecule has 154 valence electrons. The van der Waals surface area contributed by atoms with Crippen molar-refractivity contribution in [2.45, 2.75) is 46.5 Å². The van der Waals surface area contributed by atoms with Gasteiger partial charge in [0.1, 0.15) is 0 Å². The molecule has 0 aliphatic carbocycles. The van der Waals surface area contributed by atoms with Gasteiger partial charge in [-0.1, -0.05) is 0 Å². The first-order valence-corrected chi connectivity index (χ1v) is 10.7. The third-order valence-electron chi connectivity index (χ3n) is 6.11. The lowest BCUT2D eigenvalue weighted by Gasteiger charge is -2.34. The van der Waals surface area contributed by atoms with Gasteiger partial charge in [-0.15, -0.1) is 0 Å². The fourth-order valence-corrected chi connectivity index (χ4v) is 4.22. The Kier molecular flexibility index (Phi) is 6.81. The minimum atomic E-state index is -0.0292. The topological polar surface area (TPSA) is 55.9 Å². The van der Waals surface area contributed by atoms with E-state index in [1.54, 1.807) is 0 Å². The van der Waals surface area contributed by atoms with E-state index >= 15 is 0 Å². The van der Waals surface area contributed by atoms with Crippen LogP contribution < -0.4 is 10.2 Å². The van der Waals surface area contributed by atoms with Crippen LogP contribution in [0.15, 0.2) is 18.2 Å². The Morgan fingerprint density at radius 1 is 1.07 bits per heavy atom. The predicted octanol–water partition coefficient (Wildman–Crippen LogP) is 3.71. The molecule has 0 unspecified atom stereocenters. The first-order valence-electron chi connectivity index (χ1n) is 10.7. The van der Waals surface area contributed by atoms with Crippen LogP contribution >= 0.6 is 0 Å². The Morgan fingerprint density at radius 3 is 2.29 bits per heavy atom. The molecule has 0 spiro atoms. The molecule has 3 rings (SSSR count). The fourth-order valence-electron chi connectivity index (χ4n) is 4.22. The summed E-state index contributed by atoms with van der Waals surface area (Å²) >= 11 is 0. The number of benzene rings is 1. The number of piperidine rings is 1. The second kappa shape index (κ2) is 9.30. The van der Waals surface area contributed by atoms with Gasteiger partial charge in [-0.05, 0) is 70.2 Å². The van der Waals surface area contributed by atoms with E-state index in [9.17, 15) is 9.59 Å². The Balaban J connectivity index is 1.54. The molecule has 2 saturated heterocycles. The summed E-state index contributed by atoms with van der Waals surface area (Å²) in [6.45, 7) is 11.1. The van der Waals surface area contributed by atoms with E-state index in [0.717, 1.165) is 50.3 Å². The molecule has 3 amide bonds. The Labute approximate surface area is 168 Å². The van der Waals surface area contributed by atoms with Crippen LogP contribution in [0.25, 0.3) is 0 Å². The van der Waals surface area contributed by atoms with Crippen molar-refractivity contribution in [3.8, 4) is 0 Å². The summed E-state index contributed by atoms with van der Waals surface area (Å²) < 4.78 is 0. The van der Waals surface area contributed by atoms with Gasteiger partial charge in [-0.3, -0.25) is 4.79 Å². The van der Waals surface area contributed by atoms with Crippen molar-refractivity contribution in [3.63, 3.8) is 0 Å². The molecule has 1 aromatic carbocycles. The molecule has 0 saturated carbocycles. The number of nitrogens with zero attached hydrogens (tertiary/aromatic N) is 3. The number of rotatable bonds is 5. The first-order chi connectivity index (χ1) is 13.5. The summed E-state index contributed by atoms with van der Waals surface area (Å²) in [6, 6.07) is 6.41. The Morgan fingerprint density at radius 2 is 1.71 bits per heavy atom. The maximum atomic E-state index is 12.7. The number of hydrogen-bond donors (Lipinski definition) is 1. The van der Waals surface area contributed by atoms with Gasteiger partial charge in [0.05, 0.1) is 0 Å². The number of carbonyl (C=O) groups excluding carboxylic acids is 2. The molecule has 6 nitrogen and oxygen atoms in total. The van der Waals surface area contributed by atoms with Gasteiger partial charge in [-0.25, -0.2) is 4.79 Å². The minimum absolute atomic E-state index is 0.0292. The average molecular weight is 387 g/mol. The fraction of sp³-hybridized carbons (Fsp3) is 0.636. The van der Waals surface area contributed by atoms with Gasteiger partial charge in [0, 0.05) is 56.6 Å². The lowest BCUT2D eigenvalue weighted by molar-refractivity contribution is -0.121. The van der Waals surface area contributed by atoms with Crippen molar-refractivity contribution < 1.29 is 9.59 Å². The summed E-state index contributed by atoms with van der Waals surface area (Å²) in [7, 11) is 0. The van der Waals surface area contributed by atoms with Crippen LogP contribution in [-0.4, -0.2) is 61.0 Å². The van der Waals surface area contributed by atoms with Crippen molar-refractivity contribution in [2.75, 3.05) is 49.5 Å². The number of nitrogens with one attached hydrogen (secondary N) is 1. The zero-order valence-electron chi connectivity index (χ0n) is 17.5. The van der Waals surface area contributed by atoms with Crippen LogP contribution in [0.2, 0.25) is 0 Å². The van der Waals surface area contributed by atoms with Gasteiger partial charge in [0.2, 0.25) is 5.91 Å². The zero-order chi connectivity index (χ0) is 20.1. The third kappa shape index (κ3) is 4.59. The van der Waals surface area contributed by atoms with Crippen LogP contribution in [0.4, 0.5) is 16.2 Å². The number of hydrogen-bond acceptors (Lipinski definition) is 3. The van der Waals surface area contributed by atoms with Crippen LogP contribution in [0.3, 0.4) is 0 Å². The van der Waals surface area contributed by atoms with Crippen molar-refractivity contribution in [1.29, 1.82) is 0 Å². The first kappa shape index (κ1) is 20.5. The molecule has 2 aliphatic heterocycles. The molecule has 0 atom stereocenters. The molecule has 6 heteroatoms. The molecular formula is C22H34N4O2. The van der Waals surface area contributed by atoms with E-state index in [4.69, 9.17) is 0 Å². The number of carbonyl (C=O) groups is 2. The van der Waals surface area contributed by atoms with Gasteiger partial charge in [-0.2, -0.15) is 0 Å². The quantitative estimate of drug-likeness (QED) is 0.839. The van der Waals surface area contributed by atoms with Crippen LogP contribution in [0, 0.1) is 12.8 Å². The normalized spacial score (nSPS) is 17.7. The summed E-state index contributed by atoms with van der Waals surface area (Å²) in [5.74, 6) is 0.0466. The smallest absolute Gasteiger partial charge is 0.319 e. The Bertz CT molecular complexity index is 688. The van der Waals surface area contributed by atoms with Crippen LogP contribution in [0.5, 0.6) is 0 Å². The van der Waals surface area contributed by atoms with E-state index in [2.05, 4.69) is 29.3 Å². The highest BCUT2D eigenvalue weighted by Crippen LogP contribution is 2.27. The van der Waals surface area contributed by atoms with Crippen molar-refractivity contribution in [1.82, 2.24) is 9.80 Å². The van der Waals surface area contributed by atoms with Crippen molar-refractivity contribution >= 4 is 23.3 Å². The Hall–Kier alpha value is -2.24. The molecule has 0 aromatic heterocycles. The summed E-state index contributed by atoms with van der Waals surface area (Å²) in [6.07, 6.45) is 3.97. The molecule has 2 fully saturated rings. The number of aryl methyl sites for hydroxylation is 1. The largest absolute Gasteiger partial charge is 0.372 e. The van der Waals surface area contributed by atoms with E-state index in [-0.39, 0.29) is 17.9 Å². The molecule has 2 aliphatic rings. The minimum Gasteiger partial charge on any atom is -0.372 e. The lowest BCUT2D eigenvalue weighted by atomic mass is 9.95. The van der Waals surface area contributed by atoms with Gasteiger partial charge in [0.15, 0.2) is 0 Å². The second-order valence-electron chi connectivity index (χ2n) is 7.90. The molecule has 1 aromatic rings. The predicted molar refractivity (Wildman–Crippen MR) is 114 cm³/mol. The maximum absolute atomic E-state index is 12.7. The molecular weight excluding hydrogens is 352 g/mol. The zero-order valence-corrected chi connectivity index (χ0v) is 17.5. The summed E-state index contributed by atoms with van der Waals surface area (Å²) in [5.41, 5.74) is 3.25. The molecule has 0 bridgehead atoms.